The van der Waals surface area contributed by atoms with Gasteiger partial charge in [-0.1, -0.05) is 158 Å². The Bertz CT molecular complexity index is 4230. The van der Waals surface area contributed by atoms with Crippen LogP contribution in [0.25, 0.3) is 114 Å². The zero-order chi connectivity index (χ0) is 44.7. The number of para-hydroxylation sites is 3. The van der Waals surface area contributed by atoms with E-state index in [0.29, 0.717) is 0 Å². The van der Waals surface area contributed by atoms with E-state index in [1.807, 2.05) is 11.3 Å². The Morgan fingerprint density at radius 3 is 1.75 bits per heavy atom. The Hall–Kier alpha value is -8.70. The third-order valence-corrected chi connectivity index (χ3v) is 14.9. The third kappa shape index (κ3) is 6.12. The fraction of sp³-hybridized carbons (Fsp3) is 0. The van der Waals surface area contributed by atoms with Crippen molar-refractivity contribution in [1.29, 1.82) is 0 Å². The molecule has 0 aliphatic rings. The van der Waals surface area contributed by atoms with Crippen molar-refractivity contribution in [3.05, 3.63) is 243 Å². The molecule has 3 heterocycles. The molecule has 14 rings (SSSR count). The monoisotopic (exact) mass is 884 g/mol. The summed E-state index contributed by atoms with van der Waals surface area (Å²) >= 11 is 1.85. The van der Waals surface area contributed by atoms with Gasteiger partial charge in [0, 0.05) is 59.0 Å². The zero-order valence-electron chi connectivity index (χ0n) is 36.8. The smallest absolute Gasteiger partial charge is 0.145 e. The van der Waals surface area contributed by atoms with Crippen LogP contribution in [-0.4, -0.2) is 4.57 Å². The number of nitrogens with zero attached hydrogens (tertiary/aromatic N) is 2. The van der Waals surface area contributed by atoms with Crippen molar-refractivity contribution in [2.24, 2.45) is 0 Å². The molecule has 0 saturated heterocycles. The Morgan fingerprint density at radius 2 is 0.956 bits per heavy atom. The van der Waals surface area contributed by atoms with Gasteiger partial charge in [0.15, 0.2) is 0 Å². The second-order valence-electron chi connectivity index (χ2n) is 17.6. The van der Waals surface area contributed by atoms with Gasteiger partial charge in [0.25, 0.3) is 0 Å². The molecule has 0 fully saturated rings. The lowest BCUT2D eigenvalue weighted by atomic mass is 9.96. The van der Waals surface area contributed by atoms with Gasteiger partial charge in [0.05, 0.1) is 22.1 Å². The van der Waals surface area contributed by atoms with E-state index in [2.05, 4.69) is 252 Å². The molecule has 0 saturated carbocycles. The first-order chi connectivity index (χ1) is 33.7. The molecule has 0 amide bonds. The predicted octanol–water partition coefficient (Wildman–Crippen LogP) is 18.7. The molecular formula is C64H40N2OS. The number of furan rings is 1. The van der Waals surface area contributed by atoms with Crippen LogP contribution in [-0.2, 0) is 0 Å². The van der Waals surface area contributed by atoms with Gasteiger partial charge in [-0.15, -0.1) is 11.3 Å². The molecule has 68 heavy (non-hydrogen) atoms. The van der Waals surface area contributed by atoms with Crippen molar-refractivity contribution in [3.63, 3.8) is 0 Å². The zero-order valence-corrected chi connectivity index (χ0v) is 37.6. The molecule has 4 heteroatoms. The van der Waals surface area contributed by atoms with Gasteiger partial charge < -0.3 is 13.9 Å². The minimum Gasteiger partial charge on any atom is -0.455 e. The first-order valence-electron chi connectivity index (χ1n) is 23.2. The quantitative estimate of drug-likeness (QED) is 0.159. The second kappa shape index (κ2) is 15.5. The summed E-state index contributed by atoms with van der Waals surface area (Å²) in [6.07, 6.45) is 0. The highest BCUT2D eigenvalue weighted by Crippen LogP contribution is 2.48. The lowest BCUT2D eigenvalue weighted by Crippen LogP contribution is -2.11. The van der Waals surface area contributed by atoms with Crippen molar-refractivity contribution in [1.82, 2.24) is 4.57 Å². The minimum absolute atomic E-state index is 0.854. The average molecular weight is 885 g/mol. The molecule has 3 nitrogen and oxygen atoms in total. The van der Waals surface area contributed by atoms with Crippen LogP contribution in [0.15, 0.2) is 247 Å². The standard InChI is InChI=1S/C64H40N2OS/c1-2-20-49-41(14-1)15-13-25-50(49)45-17-12-19-48(39-45)65(47-18-11-16-43(38-47)44-32-37-62-56(40-44)54-23-6-10-29-61(54)68-62)59-36-35-51(64-63(59)55-24-5-9-28-60(55)67-64)42-30-33-46(34-31-42)66-57-26-7-3-21-52(57)53-22-4-8-27-58(53)66/h1-40H. The lowest BCUT2D eigenvalue weighted by molar-refractivity contribution is 0.670. The fourth-order valence-electron chi connectivity index (χ4n) is 10.7. The van der Waals surface area contributed by atoms with Crippen LogP contribution < -0.4 is 4.90 Å². The first-order valence-corrected chi connectivity index (χ1v) is 24.0. The van der Waals surface area contributed by atoms with Gasteiger partial charge in [-0.25, -0.2) is 0 Å². The van der Waals surface area contributed by atoms with Crippen molar-refractivity contribution < 1.29 is 4.42 Å². The molecule has 318 valence electrons. The lowest BCUT2D eigenvalue weighted by Gasteiger charge is -2.28. The van der Waals surface area contributed by atoms with Gasteiger partial charge in [-0.05, 0) is 124 Å². The average Bonchev–Trinajstić information content (AvgIpc) is 4.09. The van der Waals surface area contributed by atoms with Crippen molar-refractivity contribution in [2.45, 2.75) is 0 Å². The van der Waals surface area contributed by atoms with Crippen molar-refractivity contribution in [2.75, 3.05) is 4.90 Å². The van der Waals surface area contributed by atoms with Gasteiger partial charge in [-0.2, -0.15) is 0 Å². The molecule has 0 aliphatic heterocycles. The molecule has 0 radical (unpaired) electrons. The summed E-state index contributed by atoms with van der Waals surface area (Å²) in [4.78, 5) is 2.43. The Morgan fingerprint density at radius 1 is 0.368 bits per heavy atom. The van der Waals surface area contributed by atoms with Crippen molar-refractivity contribution in [3.8, 4) is 39.1 Å². The van der Waals surface area contributed by atoms with E-state index in [9.17, 15) is 0 Å². The summed E-state index contributed by atoms with van der Waals surface area (Å²) in [6, 6.07) is 88.2. The number of aromatic nitrogens is 1. The Kier molecular flexibility index (Phi) is 8.76. The molecular weight excluding hydrogens is 845 g/mol. The SMILES string of the molecule is c1cc(-c2ccc3sc4ccccc4c3c2)cc(N(c2cccc(-c3cccc4ccccc34)c2)c2ccc(-c3ccc(-n4c5ccccc5c5ccccc54)cc3)c3oc4ccccc4c23)c1. The van der Waals surface area contributed by atoms with Crippen LogP contribution >= 0.6 is 11.3 Å². The molecule has 0 unspecified atom stereocenters. The number of hydrogen-bond acceptors (Lipinski definition) is 3. The highest BCUT2D eigenvalue weighted by Gasteiger charge is 2.24. The molecule has 11 aromatic carbocycles. The number of benzene rings is 11. The molecule has 14 aromatic rings. The normalized spacial score (nSPS) is 11.8. The third-order valence-electron chi connectivity index (χ3n) is 13.8. The predicted molar refractivity (Wildman–Crippen MR) is 289 cm³/mol. The maximum Gasteiger partial charge on any atom is 0.145 e. The number of fused-ring (bicyclic) bond motifs is 10. The van der Waals surface area contributed by atoms with Crippen LogP contribution in [0.2, 0.25) is 0 Å². The highest BCUT2D eigenvalue weighted by molar-refractivity contribution is 7.25. The molecule has 0 spiro atoms. The molecule has 0 atom stereocenters. The van der Waals surface area contributed by atoms with Crippen LogP contribution in [0, 0.1) is 0 Å². The van der Waals surface area contributed by atoms with Crippen molar-refractivity contribution >= 4 is 103 Å². The molecule has 3 aromatic heterocycles. The summed E-state index contributed by atoms with van der Waals surface area (Å²) in [5.41, 5.74) is 15.2. The molecule has 0 aliphatic carbocycles. The summed E-state index contributed by atoms with van der Waals surface area (Å²) in [7, 11) is 0. The molecule has 0 N–H and O–H groups in total. The number of thiophene rings is 1. The van der Waals surface area contributed by atoms with E-state index in [1.165, 1.54) is 63.9 Å². The second-order valence-corrected chi connectivity index (χ2v) is 18.7. The maximum absolute atomic E-state index is 6.99. The van der Waals surface area contributed by atoms with Crippen LogP contribution in [0.5, 0.6) is 0 Å². The maximum atomic E-state index is 6.99. The number of rotatable bonds is 7. The fourth-order valence-corrected chi connectivity index (χ4v) is 11.7. The van der Waals surface area contributed by atoms with Gasteiger partial charge >= 0.3 is 0 Å². The summed E-state index contributed by atoms with van der Waals surface area (Å²) < 4.78 is 12.0. The summed E-state index contributed by atoms with van der Waals surface area (Å²) in [5.74, 6) is 0. The van der Waals surface area contributed by atoms with E-state index in [0.717, 1.165) is 66.9 Å². The van der Waals surface area contributed by atoms with Gasteiger partial charge in [0.1, 0.15) is 11.2 Å². The summed E-state index contributed by atoms with van der Waals surface area (Å²) in [6.45, 7) is 0. The van der Waals surface area contributed by atoms with Crippen LogP contribution in [0.1, 0.15) is 0 Å². The largest absolute Gasteiger partial charge is 0.455 e. The van der Waals surface area contributed by atoms with Crippen LogP contribution in [0.3, 0.4) is 0 Å². The number of hydrogen-bond donors (Lipinski definition) is 0. The van der Waals surface area contributed by atoms with E-state index in [-0.39, 0.29) is 0 Å². The van der Waals surface area contributed by atoms with E-state index in [4.69, 9.17) is 4.42 Å². The van der Waals surface area contributed by atoms with Crippen LogP contribution in [0.4, 0.5) is 17.1 Å². The molecule has 0 bridgehead atoms. The Labute approximate surface area is 396 Å². The van der Waals surface area contributed by atoms with Gasteiger partial charge in [-0.3, -0.25) is 0 Å². The highest BCUT2D eigenvalue weighted by atomic mass is 32.1. The summed E-state index contributed by atoms with van der Waals surface area (Å²) in [5, 5.41) is 9.68. The topological polar surface area (TPSA) is 21.3 Å². The number of anilines is 3. The Balaban J connectivity index is 0.961. The van der Waals surface area contributed by atoms with E-state index >= 15 is 0 Å². The minimum atomic E-state index is 0.854. The first kappa shape index (κ1) is 38.6. The van der Waals surface area contributed by atoms with Gasteiger partial charge in [0.2, 0.25) is 0 Å². The van der Waals surface area contributed by atoms with E-state index < -0.39 is 0 Å². The van der Waals surface area contributed by atoms with E-state index in [1.54, 1.807) is 0 Å².